The van der Waals surface area contributed by atoms with Crippen LogP contribution >= 0.6 is 0 Å². The lowest BCUT2D eigenvalue weighted by Gasteiger charge is -2.21. The van der Waals surface area contributed by atoms with Gasteiger partial charge in [-0.15, -0.1) is 0 Å². The molecule has 0 saturated heterocycles. The zero-order valence-corrected chi connectivity index (χ0v) is 17.9. The van der Waals surface area contributed by atoms with E-state index in [9.17, 15) is 0 Å². The Morgan fingerprint density at radius 2 is 1.61 bits per heavy atom. The van der Waals surface area contributed by atoms with Crippen molar-refractivity contribution < 1.29 is 4.74 Å². The first kappa shape index (κ1) is 19.6. The number of hydrogen-bond acceptors (Lipinski definition) is 3. The van der Waals surface area contributed by atoms with Gasteiger partial charge in [0.05, 0.1) is 0 Å². The Hall–Kier alpha value is -3.37. The molecule has 0 aliphatic carbocycles. The van der Waals surface area contributed by atoms with Crippen molar-refractivity contribution in [1.29, 1.82) is 0 Å². The molecule has 0 atom stereocenters. The average Bonchev–Trinajstić information content (AvgIpc) is 3.05. The summed E-state index contributed by atoms with van der Waals surface area (Å²) in [6.07, 6.45) is 4.21. The lowest BCUT2D eigenvalue weighted by molar-refractivity contribution is 0.131. The lowest BCUT2D eigenvalue weighted by atomic mass is 10.0. The van der Waals surface area contributed by atoms with E-state index in [2.05, 4.69) is 95.1 Å². The Balaban J connectivity index is 1.30. The SMILES string of the molecule is C=Nc1cc(-c2ccc3c(ccn3C)c2)ccc1OCN1CCc2ccccc2CC1. The standard InChI is InChI=1S/C27H27N3O/c1-28-25-18-23(22-7-9-26-24(17-22)11-14-29(26)2)8-10-27(25)31-19-30-15-12-20-5-3-4-6-21(20)13-16-30/h3-11,14,17-18H,1,12-13,15-16,19H2,2H3. The van der Waals surface area contributed by atoms with Crippen LogP contribution in [0.3, 0.4) is 0 Å². The third kappa shape index (κ3) is 3.99. The Morgan fingerprint density at radius 3 is 2.35 bits per heavy atom. The van der Waals surface area contributed by atoms with Crippen molar-refractivity contribution in [3.63, 3.8) is 0 Å². The van der Waals surface area contributed by atoms with Crippen LogP contribution in [-0.4, -0.2) is 36.0 Å². The predicted molar refractivity (Wildman–Crippen MR) is 128 cm³/mol. The summed E-state index contributed by atoms with van der Waals surface area (Å²) in [4.78, 5) is 6.61. The molecule has 0 fully saturated rings. The van der Waals surface area contributed by atoms with Crippen LogP contribution in [0.5, 0.6) is 5.75 Å². The number of rotatable bonds is 5. The quantitative estimate of drug-likeness (QED) is 0.401. The number of aryl methyl sites for hydroxylation is 1. The maximum atomic E-state index is 6.18. The highest BCUT2D eigenvalue weighted by molar-refractivity contribution is 5.86. The maximum Gasteiger partial charge on any atom is 0.146 e. The van der Waals surface area contributed by atoms with Crippen LogP contribution in [0.2, 0.25) is 0 Å². The van der Waals surface area contributed by atoms with E-state index >= 15 is 0 Å². The van der Waals surface area contributed by atoms with Gasteiger partial charge < -0.3 is 9.30 Å². The molecule has 5 rings (SSSR count). The van der Waals surface area contributed by atoms with Gasteiger partial charge in [-0.3, -0.25) is 9.89 Å². The number of benzene rings is 3. The highest BCUT2D eigenvalue weighted by atomic mass is 16.5. The van der Waals surface area contributed by atoms with Gasteiger partial charge >= 0.3 is 0 Å². The molecular formula is C27H27N3O. The first-order valence-electron chi connectivity index (χ1n) is 10.8. The van der Waals surface area contributed by atoms with Crippen LogP contribution in [0.4, 0.5) is 5.69 Å². The van der Waals surface area contributed by atoms with Crippen LogP contribution in [-0.2, 0) is 19.9 Å². The number of ether oxygens (including phenoxy) is 1. The summed E-state index contributed by atoms with van der Waals surface area (Å²) in [5, 5.41) is 1.23. The Bertz CT molecular complexity index is 1210. The summed E-state index contributed by atoms with van der Waals surface area (Å²) in [5.41, 5.74) is 7.21. The topological polar surface area (TPSA) is 29.8 Å². The van der Waals surface area contributed by atoms with E-state index in [-0.39, 0.29) is 0 Å². The lowest BCUT2D eigenvalue weighted by Crippen LogP contribution is -2.30. The molecule has 0 N–H and O–H groups in total. The third-order valence-corrected chi connectivity index (χ3v) is 6.26. The molecule has 4 heteroatoms. The van der Waals surface area contributed by atoms with Gasteiger partial charge in [0.2, 0.25) is 0 Å². The zero-order chi connectivity index (χ0) is 21.2. The van der Waals surface area contributed by atoms with E-state index in [0.29, 0.717) is 6.73 Å². The summed E-state index contributed by atoms with van der Waals surface area (Å²) in [6, 6.07) is 23.6. The molecule has 156 valence electrons. The fourth-order valence-corrected chi connectivity index (χ4v) is 4.41. The molecule has 0 saturated carbocycles. The second-order valence-corrected chi connectivity index (χ2v) is 8.20. The van der Waals surface area contributed by atoms with Crippen molar-refractivity contribution in [1.82, 2.24) is 9.47 Å². The number of aliphatic imine (C=N–C) groups is 1. The van der Waals surface area contributed by atoms with Crippen LogP contribution in [0.15, 0.2) is 77.9 Å². The Kier molecular flexibility index (Phi) is 5.31. The zero-order valence-electron chi connectivity index (χ0n) is 17.9. The monoisotopic (exact) mass is 409 g/mol. The predicted octanol–water partition coefficient (Wildman–Crippen LogP) is 5.61. The number of nitrogens with zero attached hydrogens (tertiary/aromatic N) is 3. The molecule has 4 nitrogen and oxygen atoms in total. The second-order valence-electron chi connectivity index (χ2n) is 8.20. The molecule has 4 aromatic rings. The second kappa shape index (κ2) is 8.40. The number of fused-ring (bicyclic) bond motifs is 2. The molecule has 1 aliphatic rings. The van der Waals surface area contributed by atoms with E-state index in [1.807, 2.05) is 6.07 Å². The minimum atomic E-state index is 0.561. The molecule has 0 radical (unpaired) electrons. The van der Waals surface area contributed by atoms with Crippen molar-refractivity contribution in [3.8, 4) is 16.9 Å². The van der Waals surface area contributed by atoms with Gasteiger partial charge in [0, 0.05) is 37.2 Å². The molecule has 0 spiro atoms. The van der Waals surface area contributed by atoms with Gasteiger partial charge in [-0.05, 0) is 72.1 Å². The number of aromatic nitrogens is 1. The molecule has 1 aromatic heterocycles. The van der Waals surface area contributed by atoms with Crippen LogP contribution in [0.1, 0.15) is 11.1 Å². The van der Waals surface area contributed by atoms with Gasteiger partial charge in [-0.25, -0.2) is 0 Å². The fraction of sp³-hybridized carbons (Fsp3) is 0.222. The molecule has 0 unspecified atom stereocenters. The highest BCUT2D eigenvalue weighted by Gasteiger charge is 2.15. The summed E-state index contributed by atoms with van der Waals surface area (Å²) in [7, 11) is 2.07. The molecule has 0 bridgehead atoms. The molecule has 1 aliphatic heterocycles. The van der Waals surface area contributed by atoms with Gasteiger partial charge in [-0.2, -0.15) is 0 Å². The first-order chi connectivity index (χ1) is 15.2. The van der Waals surface area contributed by atoms with Gasteiger partial charge in [-0.1, -0.05) is 36.4 Å². The summed E-state index contributed by atoms with van der Waals surface area (Å²) < 4.78 is 8.31. The summed E-state index contributed by atoms with van der Waals surface area (Å²) in [6.45, 7) is 6.34. The molecule has 0 amide bonds. The normalized spacial score (nSPS) is 14.2. The van der Waals surface area contributed by atoms with Crippen LogP contribution < -0.4 is 4.74 Å². The first-order valence-corrected chi connectivity index (χ1v) is 10.8. The summed E-state index contributed by atoms with van der Waals surface area (Å²) >= 11 is 0. The number of hydrogen-bond donors (Lipinski definition) is 0. The largest absolute Gasteiger partial charge is 0.476 e. The van der Waals surface area contributed by atoms with Gasteiger partial charge in [0.1, 0.15) is 18.2 Å². The van der Waals surface area contributed by atoms with Crippen molar-refractivity contribution in [2.24, 2.45) is 12.0 Å². The Morgan fingerprint density at radius 1 is 0.903 bits per heavy atom. The van der Waals surface area contributed by atoms with Crippen LogP contribution in [0.25, 0.3) is 22.0 Å². The van der Waals surface area contributed by atoms with E-state index < -0.39 is 0 Å². The highest BCUT2D eigenvalue weighted by Crippen LogP contribution is 2.34. The van der Waals surface area contributed by atoms with Gasteiger partial charge in [0.25, 0.3) is 0 Å². The van der Waals surface area contributed by atoms with E-state index in [4.69, 9.17) is 4.74 Å². The smallest absolute Gasteiger partial charge is 0.146 e. The molecule has 2 heterocycles. The van der Waals surface area contributed by atoms with Crippen molar-refractivity contribution in [2.45, 2.75) is 12.8 Å². The minimum Gasteiger partial charge on any atom is -0.476 e. The molecule has 31 heavy (non-hydrogen) atoms. The van der Waals surface area contributed by atoms with Crippen molar-refractivity contribution in [3.05, 3.63) is 84.1 Å². The summed E-state index contributed by atoms with van der Waals surface area (Å²) in [5.74, 6) is 0.779. The van der Waals surface area contributed by atoms with Crippen molar-refractivity contribution in [2.75, 3.05) is 19.8 Å². The van der Waals surface area contributed by atoms with E-state index in [0.717, 1.165) is 42.9 Å². The molecule has 3 aromatic carbocycles. The minimum absolute atomic E-state index is 0.561. The van der Waals surface area contributed by atoms with Gasteiger partial charge in [0.15, 0.2) is 0 Å². The van der Waals surface area contributed by atoms with Crippen LogP contribution in [0, 0.1) is 0 Å². The maximum absolute atomic E-state index is 6.18. The molecular weight excluding hydrogens is 382 g/mol. The third-order valence-electron chi connectivity index (χ3n) is 6.26. The van der Waals surface area contributed by atoms with Crippen molar-refractivity contribution >= 4 is 23.3 Å². The van der Waals surface area contributed by atoms with E-state index in [1.54, 1.807) is 0 Å². The average molecular weight is 410 g/mol. The Labute approximate surface area is 183 Å². The fourth-order valence-electron chi connectivity index (χ4n) is 4.41. The van der Waals surface area contributed by atoms with E-state index in [1.165, 1.54) is 27.6 Å².